The molecule has 0 bridgehead atoms. The lowest BCUT2D eigenvalue weighted by Crippen LogP contribution is -2.31. The number of hydrogen-bond acceptors (Lipinski definition) is 5. The van der Waals surface area contributed by atoms with Gasteiger partial charge in [0.1, 0.15) is 9.84 Å². The van der Waals surface area contributed by atoms with E-state index in [0.717, 1.165) is 6.26 Å². The Morgan fingerprint density at radius 1 is 1.47 bits per heavy atom. The van der Waals surface area contributed by atoms with Crippen molar-refractivity contribution in [1.82, 2.24) is 4.57 Å². The first-order chi connectivity index (χ1) is 8.76. The Hall–Kier alpha value is -1.83. The van der Waals surface area contributed by atoms with Gasteiger partial charge < -0.3 is 15.5 Å². The minimum Gasteiger partial charge on any atom is -0.409 e. The standard InChI is InChI=1S/C11H17N3O4S/c1-8-4-5-9(10(12)13-16)11(15)14(8)6-3-7-19(2,17)18/h4-5,16H,3,6-7H2,1-2H3,(H2,12,13). The van der Waals surface area contributed by atoms with Gasteiger partial charge in [-0.15, -0.1) is 0 Å². The lowest BCUT2D eigenvalue weighted by molar-refractivity contribution is 0.318. The minimum absolute atomic E-state index is 0.00663. The first-order valence-corrected chi connectivity index (χ1v) is 7.68. The number of pyridine rings is 1. The summed E-state index contributed by atoms with van der Waals surface area (Å²) in [5.74, 6) is -0.256. The zero-order valence-electron chi connectivity index (χ0n) is 10.8. The lowest BCUT2D eigenvalue weighted by atomic mass is 10.2. The van der Waals surface area contributed by atoms with E-state index >= 15 is 0 Å². The molecule has 1 rings (SSSR count). The molecule has 0 unspecified atom stereocenters. The molecule has 0 radical (unpaired) electrons. The van der Waals surface area contributed by atoms with E-state index in [2.05, 4.69) is 5.16 Å². The molecule has 1 aromatic rings. The zero-order valence-corrected chi connectivity index (χ0v) is 11.6. The normalized spacial score (nSPS) is 12.6. The van der Waals surface area contributed by atoms with Gasteiger partial charge in [-0.25, -0.2) is 8.42 Å². The molecule has 0 aliphatic rings. The molecule has 0 atom stereocenters. The second-order valence-electron chi connectivity index (χ2n) is 4.31. The molecule has 0 aromatic carbocycles. The van der Waals surface area contributed by atoms with Gasteiger partial charge in [-0.05, 0) is 25.5 Å². The molecule has 0 saturated carbocycles. The summed E-state index contributed by atoms with van der Waals surface area (Å²) in [4.78, 5) is 12.1. The Labute approximate surface area is 111 Å². The number of oxime groups is 1. The Morgan fingerprint density at radius 2 is 2.11 bits per heavy atom. The van der Waals surface area contributed by atoms with E-state index < -0.39 is 15.4 Å². The summed E-state index contributed by atoms with van der Waals surface area (Å²) in [5, 5.41) is 11.4. The van der Waals surface area contributed by atoms with Crippen molar-refractivity contribution in [3.63, 3.8) is 0 Å². The number of nitrogens with two attached hydrogens (primary N) is 1. The molecule has 0 amide bonds. The highest BCUT2D eigenvalue weighted by Crippen LogP contribution is 2.01. The molecule has 0 spiro atoms. The number of hydrogen-bond donors (Lipinski definition) is 2. The Kier molecular flexibility index (Phi) is 4.71. The van der Waals surface area contributed by atoms with E-state index in [9.17, 15) is 13.2 Å². The highest BCUT2D eigenvalue weighted by molar-refractivity contribution is 7.90. The van der Waals surface area contributed by atoms with Gasteiger partial charge in [0.15, 0.2) is 5.84 Å². The molecule has 0 aliphatic carbocycles. The van der Waals surface area contributed by atoms with Gasteiger partial charge in [-0.1, -0.05) is 5.16 Å². The van der Waals surface area contributed by atoms with Gasteiger partial charge in [0.25, 0.3) is 5.56 Å². The summed E-state index contributed by atoms with van der Waals surface area (Å²) in [5.41, 5.74) is 5.78. The summed E-state index contributed by atoms with van der Waals surface area (Å²) >= 11 is 0. The van der Waals surface area contributed by atoms with E-state index in [1.165, 1.54) is 10.6 Å². The fourth-order valence-electron chi connectivity index (χ4n) is 1.68. The van der Waals surface area contributed by atoms with Crippen molar-refractivity contribution >= 4 is 15.7 Å². The summed E-state index contributed by atoms with van der Waals surface area (Å²) in [7, 11) is -3.05. The smallest absolute Gasteiger partial charge is 0.261 e. The Bertz CT molecular complexity index is 646. The zero-order chi connectivity index (χ0) is 14.6. The highest BCUT2D eigenvalue weighted by atomic mass is 32.2. The second kappa shape index (κ2) is 5.87. The molecular formula is C11H17N3O4S. The van der Waals surface area contributed by atoms with Crippen molar-refractivity contribution in [2.24, 2.45) is 10.9 Å². The molecule has 106 valence electrons. The van der Waals surface area contributed by atoms with Crippen molar-refractivity contribution in [3.05, 3.63) is 33.7 Å². The third-order valence-electron chi connectivity index (χ3n) is 2.67. The maximum Gasteiger partial charge on any atom is 0.261 e. The predicted octanol–water partition coefficient (Wildman–Crippen LogP) is -0.314. The quantitative estimate of drug-likeness (QED) is 0.333. The molecule has 1 aromatic heterocycles. The Morgan fingerprint density at radius 3 is 2.63 bits per heavy atom. The van der Waals surface area contributed by atoms with Gasteiger partial charge in [-0.3, -0.25) is 4.79 Å². The van der Waals surface area contributed by atoms with Crippen LogP contribution >= 0.6 is 0 Å². The van der Waals surface area contributed by atoms with E-state index in [-0.39, 0.29) is 23.7 Å². The number of amidine groups is 1. The summed E-state index contributed by atoms with van der Waals surface area (Å²) < 4.78 is 23.5. The van der Waals surface area contributed by atoms with Gasteiger partial charge >= 0.3 is 0 Å². The topological polar surface area (TPSA) is 115 Å². The monoisotopic (exact) mass is 287 g/mol. The van der Waals surface area contributed by atoms with Crippen molar-refractivity contribution in [3.8, 4) is 0 Å². The van der Waals surface area contributed by atoms with Crippen molar-refractivity contribution in [2.75, 3.05) is 12.0 Å². The summed E-state index contributed by atoms with van der Waals surface area (Å²) in [6.45, 7) is 2.00. The first-order valence-electron chi connectivity index (χ1n) is 5.62. The lowest BCUT2D eigenvalue weighted by Gasteiger charge is -2.11. The largest absolute Gasteiger partial charge is 0.409 e. The third-order valence-corrected chi connectivity index (χ3v) is 3.70. The molecule has 1 heterocycles. The van der Waals surface area contributed by atoms with Crippen LogP contribution in [0.1, 0.15) is 17.7 Å². The van der Waals surface area contributed by atoms with Gasteiger partial charge in [0.2, 0.25) is 0 Å². The Balaban J connectivity index is 3.04. The van der Waals surface area contributed by atoms with E-state index in [0.29, 0.717) is 12.1 Å². The van der Waals surface area contributed by atoms with Crippen LogP contribution in [0.4, 0.5) is 0 Å². The van der Waals surface area contributed by atoms with Crippen LogP contribution < -0.4 is 11.3 Å². The summed E-state index contributed by atoms with van der Waals surface area (Å²) in [6, 6.07) is 3.13. The predicted molar refractivity (Wildman–Crippen MR) is 72.3 cm³/mol. The van der Waals surface area contributed by atoms with E-state index in [1.54, 1.807) is 13.0 Å². The van der Waals surface area contributed by atoms with Crippen LogP contribution in [0.25, 0.3) is 0 Å². The third kappa shape index (κ3) is 4.09. The highest BCUT2D eigenvalue weighted by Gasteiger charge is 2.10. The molecule has 3 N–H and O–H groups in total. The van der Waals surface area contributed by atoms with E-state index in [1.807, 2.05) is 0 Å². The fourth-order valence-corrected chi connectivity index (χ4v) is 2.34. The van der Waals surface area contributed by atoms with Crippen LogP contribution in [0.15, 0.2) is 22.1 Å². The van der Waals surface area contributed by atoms with Crippen molar-refractivity contribution in [1.29, 1.82) is 0 Å². The fraction of sp³-hybridized carbons (Fsp3) is 0.455. The molecule has 19 heavy (non-hydrogen) atoms. The molecule has 0 saturated heterocycles. The van der Waals surface area contributed by atoms with Crippen LogP contribution in [0.3, 0.4) is 0 Å². The van der Waals surface area contributed by atoms with Crippen LogP contribution in [-0.2, 0) is 16.4 Å². The van der Waals surface area contributed by atoms with Crippen LogP contribution in [0, 0.1) is 6.92 Å². The molecule has 7 nitrogen and oxygen atoms in total. The van der Waals surface area contributed by atoms with Gasteiger partial charge in [-0.2, -0.15) is 0 Å². The minimum atomic E-state index is -3.05. The maximum atomic E-state index is 12.1. The SMILES string of the molecule is Cc1ccc(/C(N)=N/O)c(=O)n1CCCS(C)(=O)=O. The summed E-state index contributed by atoms with van der Waals surface area (Å²) in [6.07, 6.45) is 1.48. The average Bonchev–Trinajstić information content (AvgIpc) is 2.31. The second-order valence-corrected chi connectivity index (χ2v) is 6.57. The van der Waals surface area contributed by atoms with Crippen molar-refractivity contribution in [2.45, 2.75) is 19.9 Å². The average molecular weight is 287 g/mol. The molecular weight excluding hydrogens is 270 g/mol. The number of sulfone groups is 1. The number of rotatable bonds is 5. The first kappa shape index (κ1) is 15.2. The van der Waals surface area contributed by atoms with Crippen LogP contribution in [0.5, 0.6) is 0 Å². The van der Waals surface area contributed by atoms with Gasteiger partial charge in [0, 0.05) is 18.5 Å². The number of aryl methyl sites for hydroxylation is 1. The van der Waals surface area contributed by atoms with Gasteiger partial charge in [0.05, 0.1) is 11.3 Å². The molecule has 8 heteroatoms. The maximum absolute atomic E-state index is 12.1. The number of nitrogens with zero attached hydrogens (tertiary/aromatic N) is 2. The van der Waals surface area contributed by atoms with E-state index in [4.69, 9.17) is 10.9 Å². The molecule has 0 fully saturated rings. The molecule has 0 aliphatic heterocycles. The van der Waals surface area contributed by atoms with Crippen molar-refractivity contribution < 1.29 is 13.6 Å². The van der Waals surface area contributed by atoms with Crippen LogP contribution in [0.2, 0.25) is 0 Å². The van der Waals surface area contributed by atoms with Crippen LogP contribution in [-0.4, -0.2) is 36.0 Å². The number of aromatic nitrogens is 1.